The molecule has 0 fully saturated rings. The molecule has 0 aromatic heterocycles. The fourth-order valence-electron chi connectivity index (χ4n) is 1.74. The first-order valence-electron chi connectivity index (χ1n) is 5.56. The van der Waals surface area contributed by atoms with E-state index < -0.39 is 8.38 Å². The highest BCUT2D eigenvalue weighted by Crippen LogP contribution is 2.51. The lowest BCUT2D eigenvalue weighted by Gasteiger charge is -2.09. The second-order valence-corrected chi connectivity index (χ2v) is 5.55. The third-order valence-corrected chi connectivity index (χ3v) is 4.34. The van der Waals surface area contributed by atoms with Crippen LogP contribution in [0.2, 0.25) is 0 Å². The number of aryl methyl sites for hydroxylation is 2. The van der Waals surface area contributed by atoms with Gasteiger partial charge in [0.15, 0.2) is 11.5 Å². The molecule has 86 valence electrons. The highest BCUT2D eigenvalue weighted by molar-refractivity contribution is 7.57. The Balaban J connectivity index is 1.91. The lowest BCUT2D eigenvalue weighted by molar-refractivity contribution is 0.587. The Labute approximate surface area is 102 Å². The second kappa shape index (κ2) is 4.05. The minimum absolute atomic E-state index is 0.844. The van der Waals surface area contributed by atoms with E-state index in [2.05, 4.69) is 32.0 Å². The van der Waals surface area contributed by atoms with Crippen LogP contribution in [0.4, 0.5) is 0 Å². The number of fused-ring (bicyclic) bond motifs is 1. The molecule has 0 N–H and O–H groups in total. The van der Waals surface area contributed by atoms with E-state index >= 15 is 0 Å². The fourth-order valence-corrected chi connectivity index (χ4v) is 3.15. The average Bonchev–Trinajstić information content (AvgIpc) is 2.76. The molecule has 0 radical (unpaired) electrons. The Morgan fingerprint density at radius 1 is 0.824 bits per heavy atom. The summed E-state index contributed by atoms with van der Waals surface area (Å²) in [6.07, 6.45) is 0. The van der Waals surface area contributed by atoms with Gasteiger partial charge < -0.3 is 9.05 Å². The molecule has 0 unspecified atom stereocenters. The van der Waals surface area contributed by atoms with Crippen molar-refractivity contribution in [3.05, 3.63) is 53.6 Å². The summed E-state index contributed by atoms with van der Waals surface area (Å²) in [5, 5.41) is 1.12. The van der Waals surface area contributed by atoms with Crippen LogP contribution in [0.5, 0.6) is 11.5 Å². The van der Waals surface area contributed by atoms with E-state index in [0.717, 1.165) is 16.8 Å². The summed E-state index contributed by atoms with van der Waals surface area (Å²) in [7, 11) is -0.996. The van der Waals surface area contributed by atoms with Crippen molar-refractivity contribution in [2.24, 2.45) is 0 Å². The van der Waals surface area contributed by atoms with Gasteiger partial charge in [-0.1, -0.05) is 18.2 Å². The van der Waals surface area contributed by atoms with Crippen molar-refractivity contribution >= 4 is 13.7 Å². The van der Waals surface area contributed by atoms with Crippen LogP contribution in [0.25, 0.3) is 0 Å². The van der Waals surface area contributed by atoms with Gasteiger partial charge in [-0.25, -0.2) is 0 Å². The van der Waals surface area contributed by atoms with Crippen LogP contribution in [0.1, 0.15) is 11.1 Å². The largest absolute Gasteiger partial charge is 0.431 e. The van der Waals surface area contributed by atoms with E-state index in [1.54, 1.807) is 0 Å². The highest BCUT2D eigenvalue weighted by atomic mass is 31.2. The van der Waals surface area contributed by atoms with Gasteiger partial charge in [0.25, 0.3) is 0 Å². The number of para-hydroxylation sites is 2. The molecule has 1 aliphatic heterocycles. The van der Waals surface area contributed by atoms with Gasteiger partial charge in [-0.2, -0.15) is 0 Å². The predicted molar refractivity (Wildman–Crippen MR) is 70.2 cm³/mol. The number of hydrogen-bond donors (Lipinski definition) is 0. The Hall–Kier alpha value is -1.53. The summed E-state index contributed by atoms with van der Waals surface area (Å²) in [5.41, 5.74) is 2.56. The van der Waals surface area contributed by atoms with Crippen LogP contribution in [0.15, 0.2) is 42.5 Å². The zero-order valence-corrected chi connectivity index (χ0v) is 10.7. The lowest BCUT2D eigenvalue weighted by atomic mass is 10.1. The molecule has 0 bridgehead atoms. The van der Waals surface area contributed by atoms with Crippen LogP contribution in [0.3, 0.4) is 0 Å². The molecule has 1 heterocycles. The Morgan fingerprint density at radius 2 is 1.47 bits per heavy atom. The average molecular weight is 244 g/mol. The molecule has 17 heavy (non-hydrogen) atoms. The smallest absolute Gasteiger partial charge is 0.326 e. The van der Waals surface area contributed by atoms with E-state index in [0.29, 0.717) is 0 Å². The van der Waals surface area contributed by atoms with Crippen LogP contribution >= 0.6 is 8.38 Å². The van der Waals surface area contributed by atoms with Gasteiger partial charge in [0, 0.05) is 0 Å². The summed E-state index contributed by atoms with van der Waals surface area (Å²) < 4.78 is 11.7. The van der Waals surface area contributed by atoms with Crippen LogP contribution in [-0.2, 0) is 0 Å². The summed E-state index contributed by atoms with van der Waals surface area (Å²) in [6, 6.07) is 14.1. The van der Waals surface area contributed by atoms with Gasteiger partial charge >= 0.3 is 8.38 Å². The van der Waals surface area contributed by atoms with Crippen molar-refractivity contribution in [1.82, 2.24) is 0 Å². The van der Waals surface area contributed by atoms with Crippen molar-refractivity contribution < 1.29 is 9.05 Å². The maximum absolute atomic E-state index is 5.83. The van der Waals surface area contributed by atoms with Gasteiger partial charge in [0.2, 0.25) is 0 Å². The van der Waals surface area contributed by atoms with Gasteiger partial charge in [-0.3, -0.25) is 0 Å². The van der Waals surface area contributed by atoms with Crippen molar-refractivity contribution in [1.29, 1.82) is 0 Å². The molecule has 0 atom stereocenters. The lowest BCUT2D eigenvalue weighted by Crippen LogP contribution is -2.06. The standard InChI is InChI=1S/C14H13O2P/c1-10-7-8-12(9-11(10)2)17-15-13-5-3-4-6-14(13)16-17/h3-9H,1-2H3. The normalized spacial score (nSPS) is 14.0. The van der Waals surface area contributed by atoms with Crippen LogP contribution in [-0.4, -0.2) is 0 Å². The molecule has 3 rings (SSSR count). The third-order valence-electron chi connectivity index (χ3n) is 2.91. The van der Waals surface area contributed by atoms with Crippen LogP contribution < -0.4 is 14.4 Å². The number of hydrogen-bond acceptors (Lipinski definition) is 2. The number of rotatable bonds is 1. The van der Waals surface area contributed by atoms with E-state index in [1.807, 2.05) is 24.3 Å². The Morgan fingerprint density at radius 3 is 2.06 bits per heavy atom. The first-order valence-corrected chi connectivity index (χ1v) is 6.74. The molecule has 0 saturated carbocycles. The maximum Gasteiger partial charge on any atom is 0.326 e. The molecule has 2 aromatic rings. The van der Waals surface area contributed by atoms with Gasteiger partial charge in [0.05, 0.1) is 5.30 Å². The molecular formula is C14H13O2P. The SMILES string of the molecule is Cc1ccc(P2Oc3ccccc3O2)cc1C. The first-order chi connectivity index (χ1) is 8.24. The molecule has 2 aromatic carbocycles. The predicted octanol–water partition coefficient (Wildman–Crippen LogP) is 3.71. The Kier molecular flexibility index (Phi) is 2.53. The molecule has 1 aliphatic rings. The number of benzene rings is 2. The van der Waals surface area contributed by atoms with Gasteiger partial charge in [-0.15, -0.1) is 0 Å². The summed E-state index contributed by atoms with van der Waals surface area (Å²) in [4.78, 5) is 0. The van der Waals surface area contributed by atoms with Crippen molar-refractivity contribution in [3.8, 4) is 11.5 Å². The molecule has 3 heteroatoms. The monoisotopic (exact) mass is 244 g/mol. The summed E-state index contributed by atoms with van der Waals surface area (Å²) >= 11 is 0. The molecular weight excluding hydrogens is 231 g/mol. The van der Waals surface area contributed by atoms with Gasteiger partial charge in [-0.05, 0) is 49.2 Å². The van der Waals surface area contributed by atoms with Crippen molar-refractivity contribution in [2.45, 2.75) is 13.8 Å². The van der Waals surface area contributed by atoms with E-state index in [-0.39, 0.29) is 0 Å². The summed E-state index contributed by atoms with van der Waals surface area (Å²) in [6.45, 7) is 4.22. The zero-order chi connectivity index (χ0) is 11.8. The molecule has 0 saturated heterocycles. The van der Waals surface area contributed by atoms with Crippen molar-refractivity contribution in [2.75, 3.05) is 0 Å². The summed E-state index contributed by atoms with van der Waals surface area (Å²) in [5.74, 6) is 1.69. The maximum atomic E-state index is 5.83. The zero-order valence-electron chi connectivity index (χ0n) is 9.81. The van der Waals surface area contributed by atoms with E-state index in [4.69, 9.17) is 9.05 Å². The quantitative estimate of drug-likeness (QED) is 0.712. The topological polar surface area (TPSA) is 18.5 Å². The molecule has 0 amide bonds. The highest BCUT2D eigenvalue weighted by Gasteiger charge is 2.27. The van der Waals surface area contributed by atoms with Crippen LogP contribution in [0, 0.1) is 13.8 Å². The van der Waals surface area contributed by atoms with E-state index in [9.17, 15) is 0 Å². The molecule has 0 spiro atoms. The first kappa shape index (κ1) is 10.6. The third kappa shape index (κ3) is 1.89. The Bertz CT molecular complexity index is 541. The van der Waals surface area contributed by atoms with Crippen molar-refractivity contribution in [3.63, 3.8) is 0 Å². The molecule has 0 aliphatic carbocycles. The second-order valence-electron chi connectivity index (χ2n) is 4.15. The fraction of sp³-hybridized carbons (Fsp3) is 0.143. The van der Waals surface area contributed by atoms with Gasteiger partial charge in [0.1, 0.15) is 0 Å². The minimum Gasteiger partial charge on any atom is -0.431 e. The van der Waals surface area contributed by atoms with E-state index in [1.165, 1.54) is 11.1 Å². The molecule has 2 nitrogen and oxygen atoms in total. The minimum atomic E-state index is -0.996.